The third-order valence-corrected chi connectivity index (χ3v) is 5.81. The van der Waals surface area contributed by atoms with E-state index in [1.54, 1.807) is 0 Å². The highest BCUT2D eigenvalue weighted by atomic mass is 32.1. The Hall–Kier alpha value is -2.13. The van der Waals surface area contributed by atoms with E-state index in [0.717, 1.165) is 49.2 Å². The van der Waals surface area contributed by atoms with Crippen LogP contribution in [0.25, 0.3) is 0 Å². The Morgan fingerprint density at radius 1 is 1.30 bits per heavy atom. The van der Waals surface area contributed by atoms with E-state index in [1.165, 1.54) is 11.1 Å². The summed E-state index contributed by atoms with van der Waals surface area (Å²) >= 11 is 0.984. The first kappa shape index (κ1) is 22.6. The molecule has 2 N–H and O–H groups in total. The third kappa shape index (κ3) is 6.70. The molecule has 2 heterocycles. The van der Waals surface area contributed by atoms with E-state index < -0.39 is 11.9 Å². The van der Waals surface area contributed by atoms with Crippen molar-refractivity contribution in [2.45, 2.75) is 52.0 Å². The van der Waals surface area contributed by atoms with Gasteiger partial charge in [0.2, 0.25) is 0 Å². The van der Waals surface area contributed by atoms with Gasteiger partial charge in [-0.05, 0) is 32.3 Å². The summed E-state index contributed by atoms with van der Waals surface area (Å²) in [6.45, 7) is 7.82. The van der Waals surface area contributed by atoms with Crippen LogP contribution in [-0.4, -0.2) is 41.5 Å². The van der Waals surface area contributed by atoms with Gasteiger partial charge in [0.05, 0.1) is 6.54 Å². The Labute approximate surface area is 179 Å². The molecular formula is C21H28F3N5S. The topological polar surface area (TPSA) is 52.6 Å². The molecule has 5 nitrogen and oxygen atoms in total. The molecule has 164 valence electrons. The molecule has 1 aliphatic rings. The normalized spacial score (nSPS) is 16.6. The van der Waals surface area contributed by atoms with E-state index in [9.17, 15) is 13.2 Å². The Kier molecular flexibility index (Phi) is 7.71. The molecule has 0 saturated carbocycles. The number of nitrogens with zero attached hydrogens (tertiary/aromatic N) is 3. The average molecular weight is 440 g/mol. The molecule has 1 aliphatic heterocycles. The smallest absolute Gasteiger partial charge is 0.357 e. The fourth-order valence-corrected chi connectivity index (χ4v) is 4.20. The number of likely N-dealkylation sites (tertiary alicyclic amines) is 1. The standard InChI is InChI=1S/C21H28F3N5S/c1-3-25-20(26-12-19-28-18(14-30-19)21(22,23)24)27-17-7-9-29(10-8-17)13-16-6-4-5-15(2)11-16/h4-6,11,14,17H,3,7-10,12-13H2,1-2H3,(H2,25,26,27). The van der Waals surface area contributed by atoms with Crippen molar-refractivity contribution in [3.8, 4) is 0 Å². The Morgan fingerprint density at radius 2 is 2.07 bits per heavy atom. The molecule has 0 unspecified atom stereocenters. The van der Waals surface area contributed by atoms with Gasteiger partial charge in [0, 0.05) is 37.6 Å². The minimum Gasteiger partial charge on any atom is -0.357 e. The largest absolute Gasteiger partial charge is 0.434 e. The summed E-state index contributed by atoms with van der Waals surface area (Å²) in [6.07, 6.45) is -2.43. The highest BCUT2D eigenvalue weighted by Gasteiger charge is 2.33. The van der Waals surface area contributed by atoms with E-state index in [2.05, 4.69) is 56.7 Å². The van der Waals surface area contributed by atoms with Crippen molar-refractivity contribution >= 4 is 17.3 Å². The van der Waals surface area contributed by atoms with Gasteiger partial charge in [-0.1, -0.05) is 29.8 Å². The maximum Gasteiger partial charge on any atom is 0.434 e. The zero-order chi connectivity index (χ0) is 21.6. The molecule has 30 heavy (non-hydrogen) atoms. The van der Waals surface area contributed by atoms with Gasteiger partial charge < -0.3 is 10.6 Å². The minimum atomic E-state index is -4.41. The maximum absolute atomic E-state index is 12.7. The summed E-state index contributed by atoms with van der Waals surface area (Å²) in [5.74, 6) is 0.624. The number of hydrogen-bond acceptors (Lipinski definition) is 4. The number of alkyl halides is 3. The lowest BCUT2D eigenvalue weighted by atomic mass is 10.0. The Bertz CT molecular complexity index is 841. The Balaban J connectivity index is 1.50. The summed E-state index contributed by atoms with van der Waals surface area (Å²) in [5.41, 5.74) is 1.76. The second-order valence-corrected chi connectivity index (χ2v) is 8.45. The lowest BCUT2D eigenvalue weighted by molar-refractivity contribution is -0.140. The van der Waals surface area contributed by atoms with E-state index in [4.69, 9.17) is 0 Å². The quantitative estimate of drug-likeness (QED) is 0.524. The molecule has 0 atom stereocenters. The van der Waals surface area contributed by atoms with Crippen molar-refractivity contribution in [3.63, 3.8) is 0 Å². The fraction of sp³-hybridized carbons (Fsp3) is 0.524. The molecule has 1 saturated heterocycles. The van der Waals surface area contributed by atoms with Crippen LogP contribution in [0, 0.1) is 6.92 Å². The number of nitrogens with one attached hydrogen (secondary N) is 2. The monoisotopic (exact) mass is 439 g/mol. The van der Waals surface area contributed by atoms with Gasteiger partial charge in [-0.15, -0.1) is 11.3 Å². The second-order valence-electron chi connectivity index (χ2n) is 7.50. The van der Waals surface area contributed by atoms with Gasteiger partial charge in [-0.3, -0.25) is 4.90 Å². The van der Waals surface area contributed by atoms with Crippen molar-refractivity contribution in [1.29, 1.82) is 0 Å². The maximum atomic E-state index is 12.7. The van der Waals surface area contributed by atoms with Crippen molar-refractivity contribution < 1.29 is 13.2 Å². The first-order chi connectivity index (χ1) is 14.3. The van der Waals surface area contributed by atoms with Crippen LogP contribution in [-0.2, 0) is 19.3 Å². The number of aryl methyl sites for hydroxylation is 1. The van der Waals surface area contributed by atoms with Crippen LogP contribution in [0.2, 0.25) is 0 Å². The molecule has 1 aromatic heterocycles. The SMILES string of the molecule is CCNC(=NCc1nc(C(F)(F)F)cs1)NC1CCN(Cc2cccc(C)c2)CC1. The van der Waals surface area contributed by atoms with E-state index in [1.807, 2.05) is 6.92 Å². The van der Waals surface area contributed by atoms with Crippen LogP contribution in [0.3, 0.4) is 0 Å². The lowest BCUT2D eigenvalue weighted by Crippen LogP contribution is -2.48. The van der Waals surface area contributed by atoms with Crippen molar-refractivity contribution in [2.24, 2.45) is 4.99 Å². The van der Waals surface area contributed by atoms with Crippen LogP contribution in [0.1, 0.15) is 41.6 Å². The van der Waals surface area contributed by atoms with Crippen LogP contribution in [0.15, 0.2) is 34.6 Å². The van der Waals surface area contributed by atoms with E-state index in [0.29, 0.717) is 23.6 Å². The number of aliphatic imine (C=N–C) groups is 1. The molecule has 0 amide bonds. The number of rotatable bonds is 6. The van der Waals surface area contributed by atoms with E-state index in [-0.39, 0.29) is 6.54 Å². The molecule has 2 aromatic rings. The summed E-state index contributed by atoms with van der Waals surface area (Å²) in [6, 6.07) is 8.88. The highest BCUT2D eigenvalue weighted by Crippen LogP contribution is 2.30. The van der Waals surface area contributed by atoms with Crippen LogP contribution in [0.5, 0.6) is 0 Å². The van der Waals surface area contributed by atoms with Crippen LogP contribution in [0.4, 0.5) is 13.2 Å². The summed E-state index contributed by atoms with van der Waals surface area (Å²) < 4.78 is 38.1. The first-order valence-electron chi connectivity index (χ1n) is 10.2. The predicted octanol–water partition coefficient (Wildman–Crippen LogP) is 4.19. The average Bonchev–Trinajstić information content (AvgIpc) is 3.17. The first-order valence-corrected chi connectivity index (χ1v) is 11.1. The molecule has 3 rings (SSSR count). The van der Waals surface area contributed by atoms with Crippen molar-refractivity contribution in [3.05, 3.63) is 51.5 Å². The summed E-state index contributed by atoms with van der Waals surface area (Å²) in [4.78, 5) is 10.5. The Morgan fingerprint density at radius 3 is 2.70 bits per heavy atom. The molecule has 0 spiro atoms. The second kappa shape index (κ2) is 10.3. The number of thiazole rings is 1. The molecule has 0 aliphatic carbocycles. The molecule has 9 heteroatoms. The van der Waals surface area contributed by atoms with Gasteiger partial charge in [0.1, 0.15) is 5.01 Å². The number of aromatic nitrogens is 1. The van der Waals surface area contributed by atoms with Gasteiger partial charge in [-0.25, -0.2) is 9.98 Å². The molecule has 1 fully saturated rings. The highest BCUT2D eigenvalue weighted by molar-refractivity contribution is 7.09. The van der Waals surface area contributed by atoms with Gasteiger partial charge in [-0.2, -0.15) is 13.2 Å². The number of benzene rings is 1. The predicted molar refractivity (Wildman–Crippen MR) is 115 cm³/mol. The fourth-order valence-electron chi connectivity index (χ4n) is 3.48. The lowest BCUT2D eigenvalue weighted by Gasteiger charge is -2.33. The number of guanidine groups is 1. The minimum absolute atomic E-state index is 0.127. The molecule has 0 radical (unpaired) electrons. The van der Waals surface area contributed by atoms with Gasteiger partial charge in [0.15, 0.2) is 11.7 Å². The van der Waals surface area contributed by atoms with Gasteiger partial charge in [0.25, 0.3) is 0 Å². The third-order valence-electron chi connectivity index (χ3n) is 4.98. The number of piperidine rings is 1. The van der Waals surface area contributed by atoms with Crippen LogP contribution < -0.4 is 10.6 Å². The van der Waals surface area contributed by atoms with Gasteiger partial charge >= 0.3 is 6.18 Å². The summed E-state index contributed by atoms with van der Waals surface area (Å²) in [5, 5.41) is 7.99. The van der Waals surface area contributed by atoms with Crippen LogP contribution >= 0.6 is 11.3 Å². The molecule has 0 bridgehead atoms. The zero-order valence-electron chi connectivity index (χ0n) is 17.3. The van der Waals surface area contributed by atoms with Crippen molar-refractivity contribution in [2.75, 3.05) is 19.6 Å². The summed E-state index contributed by atoms with van der Waals surface area (Å²) in [7, 11) is 0. The number of hydrogen-bond donors (Lipinski definition) is 2. The zero-order valence-corrected chi connectivity index (χ0v) is 18.1. The number of halogens is 3. The molecular weight excluding hydrogens is 411 g/mol. The molecule has 1 aromatic carbocycles. The van der Waals surface area contributed by atoms with Crippen molar-refractivity contribution in [1.82, 2.24) is 20.5 Å². The van der Waals surface area contributed by atoms with E-state index >= 15 is 0 Å².